The fourth-order valence-electron chi connectivity index (χ4n) is 3.30. The monoisotopic (exact) mass is 405 g/mol. The number of carbonyl (C=O) groups is 1. The van der Waals surface area contributed by atoms with Crippen molar-refractivity contribution in [3.05, 3.63) is 64.6 Å². The molecule has 154 valence electrons. The molecule has 1 aliphatic rings. The Morgan fingerprint density at radius 2 is 2.03 bits per heavy atom. The quantitative estimate of drug-likeness (QED) is 0.584. The highest BCUT2D eigenvalue weighted by Gasteiger charge is 2.19. The van der Waals surface area contributed by atoms with Crippen LogP contribution in [0.3, 0.4) is 0 Å². The Kier molecular flexibility index (Phi) is 5.52. The summed E-state index contributed by atoms with van der Waals surface area (Å²) in [6.07, 6.45) is 3.21. The van der Waals surface area contributed by atoms with Crippen LogP contribution >= 0.6 is 0 Å². The van der Waals surface area contributed by atoms with Gasteiger partial charge >= 0.3 is 5.69 Å². The minimum absolute atomic E-state index is 0.0507. The molecule has 1 fully saturated rings. The van der Waals surface area contributed by atoms with Crippen LogP contribution in [0.15, 0.2) is 53.3 Å². The van der Waals surface area contributed by atoms with Crippen molar-refractivity contribution in [1.29, 1.82) is 0 Å². The summed E-state index contributed by atoms with van der Waals surface area (Å²) >= 11 is 0. The number of aromatic nitrogens is 2. The minimum Gasteiger partial charge on any atom is -0.508 e. The number of ether oxygens (including phenoxy) is 1. The molecule has 1 saturated carbocycles. The summed E-state index contributed by atoms with van der Waals surface area (Å²) in [6.45, 7) is 1.74. The third kappa shape index (κ3) is 4.51. The fraction of sp³-hybridized carbons (Fsp3) is 0.261. The summed E-state index contributed by atoms with van der Waals surface area (Å²) in [6, 6.07) is 14.3. The van der Waals surface area contributed by atoms with Crippen molar-refractivity contribution in [3.63, 3.8) is 0 Å². The number of hydrogen-bond acceptors (Lipinski definition) is 5. The van der Waals surface area contributed by atoms with E-state index >= 15 is 0 Å². The van der Waals surface area contributed by atoms with Crippen LogP contribution in [-0.4, -0.2) is 33.6 Å². The van der Waals surface area contributed by atoms with E-state index < -0.39 is 5.69 Å². The lowest BCUT2D eigenvalue weighted by Crippen LogP contribution is -2.41. The van der Waals surface area contributed by atoms with Gasteiger partial charge in [-0.1, -0.05) is 12.1 Å². The molecular weight excluding hydrogens is 382 g/mol. The number of phenols is 1. The molecule has 0 atom stereocenters. The van der Waals surface area contributed by atoms with Crippen molar-refractivity contribution in [2.24, 2.45) is 0 Å². The summed E-state index contributed by atoms with van der Waals surface area (Å²) in [7, 11) is 0. The zero-order valence-electron chi connectivity index (χ0n) is 16.6. The van der Waals surface area contributed by atoms with Gasteiger partial charge in [-0.2, -0.15) is 4.98 Å². The SMILES string of the molecule is Cc1cc(-c2cc(-c3cccc(OCC(=O)NC4CCC4)c3)[nH]c(=O)n2)ccc1O. The number of rotatable bonds is 6. The molecule has 0 unspecified atom stereocenters. The van der Waals surface area contributed by atoms with Crippen LogP contribution in [-0.2, 0) is 4.79 Å². The highest BCUT2D eigenvalue weighted by Crippen LogP contribution is 2.27. The lowest BCUT2D eigenvalue weighted by molar-refractivity contribution is -0.124. The maximum atomic E-state index is 12.1. The number of benzene rings is 2. The van der Waals surface area contributed by atoms with Crippen LogP contribution in [0.25, 0.3) is 22.5 Å². The van der Waals surface area contributed by atoms with Crippen molar-refractivity contribution in [3.8, 4) is 34.0 Å². The molecule has 0 radical (unpaired) electrons. The molecule has 3 aromatic rings. The number of carbonyl (C=O) groups excluding carboxylic acids is 1. The Balaban J connectivity index is 1.54. The van der Waals surface area contributed by atoms with E-state index in [1.807, 2.05) is 6.07 Å². The largest absolute Gasteiger partial charge is 0.508 e. The summed E-state index contributed by atoms with van der Waals surface area (Å²) in [5.41, 5.74) is 2.79. The van der Waals surface area contributed by atoms with Crippen molar-refractivity contribution >= 4 is 5.91 Å². The van der Waals surface area contributed by atoms with Crippen molar-refractivity contribution in [1.82, 2.24) is 15.3 Å². The molecule has 1 aromatic heterocycles. The average Bonchev–Trinajstić information content (AvgIpc) is 2.71. The van der Waals surface area contributed by atoms with E-state index in [-0.39, 0.29) is 24.3 Å². The Morgan fingerprint density at radius 3 is 2.77 bits per heavy atom. The molecule has 7 heteroatoms. The van der Waals surface area contributed by atoms with Gasteiger partial charge in [-0.3, -0.25) is 4.79 Å². The van der Waals surface area contributed by atoms with Crippen LogP contribution in [0.4, 0.5) is 0 Å². The number of aryl methyl sites for hydroxylation is 1. The van der Waals surface area contributed by atoms with Gasteiger partial charge in [-0.25, -0.2) is 4.79 Å². The summed E-state index contributed by atoms with van der Waals surface area (Å²) < 4.78 is 5.63. The number of H-pyrrole nitrogens is 1. The topological polar surface area (TPSA) is 104 Å². The zero-order valence-corrected chi connectivity index (χ0v) is 16.6. The van der Waals surface area contributed by atoms with E-state index in [1.54, 1.807) is 49.4 Å². The first-order valence-corrected chi connectivity index (χ1v) is 9.92. The molecule has 0 bridgehead atoms. The van der Waals surface area contributed by atoms with E-state index in [1.165, 1.54) is 0 Å². The van der Waals surface area contributed by atoms with Crippen molar-refractivity contribution < 1.29 is 14.6 Å². The summed E-state index contributed by atoms with van der Waals surface area (Å²) in [4.78, 5) is 30.9. The van der Waals surface area contributed by atoms with E-state index in [4.69, 9.17) is 4.74 Å². The highest BCUT2D eigenvalue weighted by atomic mass is 16.5. The average molecular weight is 405 g/mol. The third-order valence-corrected chi connectivity index (χ3v) is 5.22. The molecule has 0 spiro atoms. The Bertz CT molecular complexity index is 1140. The van der Waals surface area contributed by atoms with Crippen LogP contribution in [0, 0.1) is 6.92 Å². The highest BCUT2D eigenvalue weighted by molar-refractivity contribution is 5.78. The number of aromatic hydroxyl groups is 1. The van der Waals surface area contributed by atoms with Crippen molar-refractivity contribution in [2.45, 2.75) is 32.2 Å². The number of nitrogens with zero attached hydrogens (tertiary/aromatic N) is 1. The predicted octanol–water partition coefficient (Wildman–Crippen LogP) is 3.17. The second-order valence-corrected chi connectivity index (χ2v) is 7.50. The lowest BCUT2D eigenvalue weighted by atomic mass is 9.93. The maximum absolute atomic E-state index is 12.1. The second kappa shape index (κ2) is 8.41. The van der Waals surface area contributed by atoms with Crippen molar-refractivity contribution in [2.75, 3.05) is 6.61 Å². The Morgan fingerprint density at radius 1 is 1.20 bits per heavy atom. The first-order chi connectivity index (χ1) is 14.5. The van der Waals surface area contributed by atoms with Gasteiger partial charge in [-0.05, 0) is 68.1 Å². The standard InChI is InChI=1S/C23H23N3O4/c1-14-10-16(8-9-21(14)27)20-12-19(25-23(29)26-20)15-4-2-7-18(11-15)30-13-22(28)24-17-5-3-6-17/h2,4,7-12,17,27H,3,5-6,13H2,1H3,(H,24,28)(H,25,26,29). The van der Waals surface area contributed by atoms with E-state index in [2.05, 4.69) is 15.3 Å². The molecule has 2 aromatic carbocycles. The maximum Gasteiger partial charge on any atom is 0.345 e. The molecule has 1 heterocycles. The Labute approximate surface area is 173 Å². The molecule has 7 nitrogen and oxygen atoms in total. The smallest absolute Gasteiger partial charge is 0.345 e. The number of phenolic OH excluding ortho intramolecular Hbond substituents is 1. The summed E-state index contributed by atoms with van der Waals surface area (Å²) in [5, 5.41) is 12.7. The second-order valence-electron chi connectivity index (χ2n) is 7.50. The number of hydrogen-bond donors (Lipinski definition) is 3. The number of amides is 1. The van der Waals surface area contributed by atoms with Gasteiger partial charge in [0, 0.05) is 17.2 Å². The zero-order chi connectivity index (χ0) is 21.1. The van der Waals surface area contributed by atoms with Gasteiger partial charge in [0.1, 0.15) is 11.5 Å². The molecule has 0 saturated heterocycles. The molecule has 4 rings (SSSR count). The molecular formula is C23H23N3O4. The van der Waals surface area contributed by atoms with Gasteiger partial charge in [-0.15, -0.1) is 0 Å². The van der Waals surface area contributed by atoms with Crippen LogP contribution < -0.4 is 15.7 Å². The number of aromatic amines is 1. The fourth-order valence-corrected chi connectivity index (χ4v) is 3.30. The van der Waals surface area contributed by atoms with Gasteiger partial charge in [0.25, 0.3) is 5.91 Å². The van der Waals surface area contributed by atoms with Crippen LogP contribution in [0.1, 0.15) is 24.8 Å². The van der Waals surface area contributed by atoms with Crippen LogP contribution in [0.2, 0.25) is 0 Å². The third-order valence-electron chi connectivity index (χ3n) is 5.22. The predicted molar refractivity (Wildman–Crippen MR) is 113 cm³/mol. The van der Waals surface area contributed by atoms with Gasteiger partial charge in [0.15, 0.2) is 6.61 Å². The van der Waals surface area contributed by atoms with E-state index in [0.717, 1.165) is 30.4 Å². The molecule has 30 heavy (non-hydrogen) atoms. The minimum atomic E-state index is -0.473. The Hall–Kier alpha value is -3.61. The van der Waals surface area contributed by atoms with Gasteiger partial charge in [0.05, 0.1) is 11.4 Å². The van der Waals surface area contributed by atoms with Gasteiger partial charge < -0.3 is 20.1 Å². The normalized spacial score (nSPS) is 13.5. The molecule has 0 aliphatic heterocycles. The summed E-state index contributed by atoms with van der Waals surface area (Å²) in [5.74, 6) is 0.596. The molecule has 3 N–H and O–H groups in total. The lowest BCUT2D eigenvalue weighted by Gasteiger charge is -2.26. The molecule has 1 amide bonds. The van der Waals surface area contributed by atoms with E-state index in [9.17, 15) is 14.7 Å². The van der Waals surface area contributed by atoms with Gasteiger partial charge in [0.2, 0.25) is 0 Å². The first-order valence-electron chi connectivity index (χ1n) is 9.92. The first kappa shape index (κ1) is 19.7. The van der Waals surface area contributed by atoms with Crippen LogP contribution in [0.5, 0.6) is 11.5 Å². The van der Waals surface area contributed by atoms with E-state index in [0.29, 0.717) is 22.7 Å². The number of nitrogens with one attached hydrogen (secondary N) is 2. The molecule has 1 aliphatic carbocycles.